The molecule has 0 spiro atoms. The zero-order valence-electron chi connectivity index (χ0n) is 11.1. The first-order valence-corrected chi connectivity index (χ1v) is 6.69. The number of rotatable bonds is 2. The Hall–Kier alpha value is -1.94. The van der Waals surface area contributed by atoms with E-state index < -0.39 is 0 Å². The highest BCUT2D eigenvalue weighted by Gasteiger charge is 2.13. The summed E-state index contributed by atoms with van der Waals surface area (Å²) in [5.74, 6) is 1.84. The van der Waals surface area contributed by atoms with Crippen molar-refractivity contribution in [3.8, 4) is 11.4 Å². The molecule has 1 aliphatic heterocycles. The van der Waals surface area contributed by atoms with Gasteiger partial charge < -0.3 is 10.2 Å². The van der Waals surface area contributed by atoms with Crippen LogP contribution < -0.4 is 10.2 Å². The van der Waals surface area contributed by atoms with Crippen molar-refractivity contribution in [2.75, 3.05) is 31.1 Å². The van der Waals surface area contributed by atoms with E-state index in [1.54, 1.807) is 0 Å². The van der Waals surface area contributed by atoms with Gasteiger partial charge in [0.25, 0.3) is 0 Å². The van der Waals surface area contributed by atoms with E-state index in [0.717, 1.165) is 43.4 Å². The zero-order valence-corrected chi connectivity index (χ0v) is 11.1. The van der Waals surface area contributed by atoms with Crippen LogP contribution in [-0.4, -0.2) is 36.1 Å². The van der Waals surface area contributed by atoms with Gasteiger partial charge in [-0.2, -0.15) is 0 Å². The number of nitrogens with zero attached hydrogens (tertiary/aromatic N) is 3. The first-order valence-electron chi connectivity index (χ1n) is 6.69. The molecular formula is C15H18N4. The van der Waals surface area contributed by atoms with Crippen molar-refractivity contribution in [2.45, 2.75) is 6.92 Å². The Morgan fingerprint density at radius 1 is 1.11 bits per heavy atom. The maximum atomic E-state index is 4.71. The summed E-state index contributed by atoms with van der Waals surface area (Å²) in [6.45, 7) is 6.14. The Labute approximate surface area is 113 Å². The van der Waals surface area contributed by atoms with E-state index in [9.17, 15) is 0 Å². The summed E-state index contributed by atoms with van der Waals surface area (Å²) in [5, 5.41) is 3.35. The fourth-order valence-electron chi connectivity index (χ4n) is 2.37. The number of aromatic nitrogens is 2. The van der Waals surface area contributed by atoms with Gasteiger partial charge >= 0.3 is 0 Å². The summed E-state index contributed by atoms with van der Waals surface area (Å²) in [7, 11) is 0. The minimum atomic E-state index is 0.814. The molecule has 19 heavy (non-hydrogen) atoms. The lowest BCUT2D eigenvalue weighted by Crippen LogP contribution is -2.43. The van der Waals surface area contributed by atoms with Gasteiger partial charge in [0.15, 0.2) is 5.82 Å². The van der Waals surface area contributed by atoms with E-state index in [0.29, 0.717) is 0 Å². The van der Waals surface area contributed by atoms with Crippen LogP contribution in [0.3, 0.4) is 0 Å². The quantitative estimate of drug-likeness (QED) is 0.888. The molecule has 0 saturated carbocycles. The number of aryl methyl sites for hydroxylation is 1. The van der Waals surface area contributed by atoms with Gasteiger partial charge in [-0.25, -0.2) is 9.97 Å². The Morgan fingerprint density at radius 3 is 2.68 bits per heavy atom. The normalized spacial score (nSPS) is 15.5. The van der Waals surface area contributed by atoms with E-state index in [1.165, 1.54) is 5.56 Å². The van der Waals surface area contributed by atoms with Gasteiger partial charge in [0.1, 0.15) is 5.82 Å². The monoisotopic (exact) mass is 254 g/mol. The predicted octanol–water partition coefficient (Wildman–Crippen LogP) is 1.86. The minimum Gasteiger partial charge on any atom is -0.354 e. The van der Waals surface area contributed by atoms with Crippen molar-refractivity contribution < 1.29 is 0 Å². The van der Waals surface area contributed by atoms with E-state index in [2.05, 4.69) is 34.3 Å². The summed E-state index contributed by atoms with van der Waals surface area (Å²) in [6.07, 6.45) is 1.85. The molecule has 1 fully saturated rings. The van der Waals surface area contributed by atoms with E-state index in [-0.39, 0.29) is 0 Å². The molecule has 0 atom stereocenters. The molecular weight excluding hydrogens is 236 g/mol. The van der Waals surface area contributed by atoms with Gasteiger partial charge in [-0.1, -0.05) is 24.3 Å². The van der Waals surface area contributed by atoms with Gasteiger partial charge in [-0.3, -0.25) is 0 Å². The summed E-state index contributed by atoms with van der Waals surface area (Å²) in [6, 6.07) is 10.2. The number of nitrogens with one attached hydrogen (secondary N) is 1. The summed E-state index contributed by atoms with van der Waals surface area (Å²) >= 11 is 0. The van der Waals surface area contributed by atoms with Crippen LogP contribution in [-0.2, 0) is 0 Å². The van der Waals surface area contributed by atoms with Crippen LogP contribution in [0.4, 0.5) is 5.82 Å². The molecule has 1 aromatic heterocycles. The number of hydrogen-bond donors (Lipinski definition) is 1. The Morgan fingerprint density at radius 2 is 1.89 bits per heavy atom. The molecule has 4 nitrogen and oxygen atoms in total. The highest BCUT2D eigenvalue weighted by atomic mass is 15.2. The maximum Gasteiger partial charge on any atom is 0.161 e. The Balaban J connectivity index is 1.93. The fraction of sp³-hybridized carbons (Fsp3) is 0.333. The molecule has 0 bridgehead atoms. The molecule has 0 aliphatic carbocycles. The molecule has 1 aliphatic rings. The van der Waals surface area contributed by atoms with E-state index >= 15 is 0 Å². The topological polar surface area (TPSA) is 41.1 Å². The van der Waals surface area contributed by atoms with Crippen molar-refractivity contribution >= 4 is 5.82 Å². The zero-order chi connectivity index (χ0) is 13.1. The van der Waals surface area contributed by atoms with E-state index in [1.807, 2.05) is 24.4 Å². The van der Waals surface area contributed by atoms with Gasteiger partial charge in [-0.15, -0.1) is 0 Å². The third kappa shape index (κ3) is 2.58. The van der Waals surface area contributed by atoms with Crippen molar-refractivity contribution in [3.05, 3.63) is 42.1 Å². The van der Waals surface area contributed by atoms with Crippen LogP contribution in [0, 0.1) is 6.92 Å². The smallest absolute Gasteiger partial charge is 0.161 e. The lowest BCUT2D eigenvalue weighted by atomic mass is 10.1. The van der Waals surface area contributed by atoms with Crippen LogP contribution in [0.25, 0.3) is 11.4 Å². The van der Waals surface area contributed by atoms with Crippen LogP contribution in [0.5, 0.6) is 0 Å². The van der Waals surface area contributed by atoms with Crippen LogP contribution in [0.2, 0.25) is 0 Å². The first-order chi connectivity index (χ1) is 9.34. The van der Waals surface area contributed by atoms with Crippen molar-refractivity contribution in [3.63, 3.8) is 0 Å². The van der Waals surface area contributed by atoms with Gasteiger partial charge in [0.05, 0.1) is 0 Å². The second-order valence-electron chi connectivity index (χ2n) is 4.79. The SMILES string of the molecule is Cc1ccccc1-c1nccc(N2CCNCC2)n1. The maximum absolute atomic E-state index is 4.71. The second kappa shape index (κ2) is 5.36. The number of anilines is 1. The minimum absolute atomic E-state index is 0.814. The molecule has 1 N–H and O–H groups in total. The molecule has 98 valence electrons. The second-order valence-corrected chi connectivity index (χ2v) is 4.79. The van der Waals surface area contributed by atoms with Crippen LogP contribution >= 0.6 is 0 Å². The summed E-state index contributed by atoms with van der Waals surface area (Å²) in [4.78, 5) is 11.4. The molecule has 2 heterocycles. The fourth-order valence-corrected chi connectivity index (χ4v) is 2.37. The van der Waals surface area contributed by atoms with Crippen LogP contribution in [0.15, 0.2) is 36.5 Å². The Kier molecular flexibility index (Phi) is 3.42. The average Bonchev–Trinajstić information content (AvgIpc) is 2.49. The molecule has 0 amide bonds. The van der Waals surface area contributed by atoms with Crippen molar-refractivity contribution in [1.82, 2.24) is 15.3 Å². The predicted molar refractivity (Wildman–Crippen MR) is 77.3 cm³/mol. The third-order valence-corrected chi connectivity index (χ3v) is 3.47. The number of hydrogen-bond acceptors (Lipinski definition) is 4. The van der Waals surface area contributed by atoms with E-state index in [4.69, 9.17) is 4.98 Å². The molecule has 1 saturated heterocycles. The first kappa shape index (κ1) is 12.1. The average molecular weight is 254 g/mol. The number of benzene rings is 1. The van der Waals surface area contributed by atoms with Gasteiger partial charge in [0.2, 0.25) is 0 Å². The Bertz CT molecular complexity index is 562. The highest BCUT2D eigenvalue weighted by molar-refractivity contribution is 5.61. The molecule has 2 aromatic rings. The largest absolute Gasteiger partial charge is 0.354 e. The van der Waals surface area contributed by atoms with Crippen molar-refractivity contribution in [1.29, 1.82) is 0 Å². The lowest BCUT2D eigenvalue weighted by Gasteiger charge is -2.28. The molecule has 1 aromatic carbocycles. The number of piperazine rings is 1. The molecule has 4 heteroatoms. The molecule has 3 rings (SSSR count). The van der Waals surface area contributed by atoms with Gasteiger partial charge in [-0.05, 0) is 18.6 Å². The highest BCUT2D eigenvalue weighted by Crippen LogP contribution is 2.21. The molecule has 0 radical (unpaired) electrons. The summed E-state index contributed by atoms with van der Waals surface area (Å²) in [5.41, 5.74) is 2.32. The lowest BCUT2D eigenvalue weighted by molar-refractivity contribution is 0.585. The molecule has 0 unspecified atom stereocenters. The van der Waals surface area contributed by atoms with Crippen LogP contribution in [0.1, 0.15) is 5.56 Å². The van der Waals surface area contributed by atoms with Gasteiger partial charge in [0, 0.05) is 37.9 Å². The third-order valence-electron chi connectivity index (χ3n) is 3.47. The summed E-state index contributed by atoms with van der Waals surface area (Å²) < 4.78 is 0. The van der Waals surface area contributed by atoms with Crippen molar-refractivity contribution in [2.24, 2.45) is 0 Å². The standard InChI is InChI=1S/C15H18N4/c1-12-4-2-3-5-13(12)15-17-7-6-14(18-15)19-10-8-16-9-11-19/h2-7,16H,8-11H2,1H3.